The molecule has 0 spiro atoms. The molecule has 0 saturated heterocycles. The maximum absolute atomic E-state index is 2.43. The molecule has 2 heteroatoms. The molecule has 0 aliphatic heterocycles. The number of hydrogen-bond donors (Lipinski definition) is 0. The van der Waals surface area contributed by atoms with Crippen molar-refractivity contribution in [3.63, 3.8) is 0 Å². The first kappa shape index (κ1) is 73.9. The van der Waals surface area contributed by atoms with E-state index in [0.29, 0.717) is 5.92 Å². The third-order valence-electron chi connectivity index (χ3n) is 24.4. The molecule has 20 aromatic rings. The Morgan fingerprint density at radius 1 is 0.150 bits per heavy atom. The lowest BCUT2D eigenvalue weighted by atomic mass is 9.83. The highest BCUT2D eigenvalue weighted by molar-refractivity contribution is 6.03. The smallest absolute Gasteiger partial charge is 0.0462 e. The summed E-state index contributed by atoms with van der Waals surface area (Å²) in [5, 5.41) is 10.1. The Labute approximate surface area is 704 Å². The van der Waals surface area contributed by atoms with Crippen molar-refractivity contribution in [3.8, 4) is 111 Å². The summed E-state index contributed by atoms with van der Waals surface area (Å²) in [6.45, 7) is 0. The summed E-state index contributed by atoms with van der Waals surface area (Å²) in [4.78, 5) is 4.73. The first-order chi connectivity index (χ1) is 59.5. The van der Waals surface area contributed by atoms with Crippen LogP contribution in [0.3, 0.4) is 0 Å². The standard InChI is InChI=1S/C62H49N.C56H39N/c1-2-11-44(12-3-1)54-17-8-18-55(43-54)49-35-41-58(42-36-49)63(56-37-31-47(32-38-56)45-23-27-52(28-24-45)61-21-9-15-50-13-4-6-19-59(50)61)57-39-33-48(34-40-57)46-25-29-53(30-26-46)62-22-10-16-51-14-5-7-20-60(51)62;1-4-12-40(13-5-1)43-26-32-50(33-27-43)57(51-34-28-46(29-35-51)53-20-10-18-44-22-24-48(38-55(44)53)41-14-6-2-7-15-41)52-36-30-47(31-37-52)54-21-11-19-45-23-25-49(39-56(45)54)42-16-8-3-9-17-42/h4-10,13-44H,1-3,11-12H2;1-39H. The lowest BCUT2D eigenvalue weighted by Crippen LogP contribution is -2.09. The van der Waals surface area contributed by atoms with Crippen LogP contribution in [0, 0.1) is 0 Å². The van der Waals surface area contributed by atoms with Crippen LogP contribution in [-0.4, -0.2) is 0 Å². The third kappa shape index (κ3) is 15.5. The Balaban J connectivity index is 0.000000154. The Hall–Kier alpha value is -15.0. The van der Waals surface area contributed by atoms with Crippen LogP contribution < -0.4 is 9.80 Å². The summed E-state index contributed by atoms with van der Waals surface area (Å²) < 4.78 is 0. The molecule has 0 unspecified atom stereocenters. The molecule has 0 heterocycles. The lowest BCUT2D eigenvalue weighted by Gasteiger charge is -2.26. The van der Waals surface area contributed by atoms with Gasteiger partial charge in [-0.15, -0.1) is 0 Å². The zero-order valence-corrected chi connectivity index (χ0v) is 67.0. The van der Waals surface area contributed by atoms with Crippen LogP contribution in [-0.2, 0) is 0 Å². The number of hydrogen-bond acceptors (Lipinski definition) is 2. The molecule has 0 N–H and O–H groups in total. The van der Waals surface area contributed by atoms with Gasteiger partial charge in [0.25, 0.3) is 0 Å². The van der Waals surface area contributed by atoms with Crippen molar-refractivity contribution in [2.45, 2.75) is 38.0 Å². The zero-order valence-electron chi connectivity index (χ0n) is 67.0. The van der Waals surface area contributed by atoms with E-state index in [0.717, 1.165) is 34.1 Å². The predicted molar refractivity (Wildman–Crippen MR) is 512 cm³/mol. The molecule has 2 nitrogen and oxygen atoms in total. The highest BCUT2D eigenvalue weighted by Gasteiger charge is 2.21. The molecule has 0 bridgehead atoms. The molecular weight excluding hydrogens is 1450 g/mol. The van der Waals surface area contributed by atoms with Gasteiger partial charge in [-0.3, -0.25) is 0 Å². The molecule has 0 radical (unpaired) electrons. The zero-order chi connectivity index (χ0) is 79.9. The summed E-state index contributed by atoms with van der Waals surface area (Å²) in [7, 11) is 0. The van der Waals surface area contributed by atoms with Crippen molar-refractivity contribution in [1.29, 1.82) is 0 Å². The molecule has 570 valence electrons. The van der Waals surface area contributed by atoms with E-state index in [1.807, 2.05) is 0 Å². The van der Waals surface area contributed by atoms with Crippen molar-refractivity contribution in [3.05, 3.63) is 473 Å². The van der Waals surface area contributed by atoms with Gasteiger partial charge in [-0.2, -0.15) is 0 Å². The fourth-order valence-electron chi connectivity index (χ4n) is 18.0. The second-order valence-corrected chi connectivity index (χ2v) is 31.7. The van der Waals surface area contributed by atoms with Crippen LogP contribution in [0.2, 0.25) is 0 Å². The summed E-state index contributed by atoms with van der Waals surface area (Å²) >= 11 is 0. The topological polar surface area (TPSA) is 6.48 Å². The molecule has 120 heavy (non-hydrogen) atoms. The van der Waals surface area contributed by atoms with Crippen molar-refractivity contribution in [2.24, 2.45) is 0 Å². The summed E-state index contributed by atoms with van der Waals surface area (Å²) in [5.41, 5.74) is 32.6. The monoisotopic (exact) mass is 1530 g/mol. The molecule has 0 atom stereocenters. The minimum Gasteiger partial charge on any atom is -0.311 e. The molecule has 21 rings (SSSR count). The molecule has 20 aromatic carbocycles. The maximum Gasteiger partial charge on any atom is 0.0462 e. The summed E-state index contributed by atoms with van der Waals surface area (Å²) in [6, 6.07) is 170. The summed E-state index contributed by atoms with van der Waals surface area (Å²) in [5.74, 6) is 0.684. The average Bonchev–Trinajstić information content (AvgIpc) is 0.805. The Morgan fingerprint density at radius 3 is 0.725 bits per heavy atom. The second kappa shape index (κ2) is 33.7. The minimum absolute atomic E-state index is 0.684. The van der Waals surface area contributed by atoms with E-state index in [4.69, 9.17) is 0 Å². The van der Waals surface area contributed by atoms with Gasteiger partial charge in [0.1, 0.15) is 0 Å². The first-order valence-corrected chi connectivity index (χ1v) is 42.2. The Morgan fingerprint density at radius 2 is 0.375 bits per heavy atom. The van der Waals surface area contributed by atoms with Crippen LogP contribution in [0.4, 0.5) is 34.1 Å². The highest BCUT2D eigenvalue weighted by Crippen LogP contribution is 2.45. The predicted octanol–water partition coefficient (Wildman–Crippen LogP) is 33.6. The Bertz CT molecular complexity index is 6610. The van der Waals surface area contributed by atoms with Gasteiger partial charge in [0.2, 0.25) is 0 Å². The minimum atomic E-state index is 0.684. The van der Waals surface area contributed by atoms with Gasteiger partial charge in [-0.05, 0) is 264 Å². The van der Waals surface area contributed by atoms with E-state index in [9.17, 15) is 0 Å². The van der Waals surface area contributed by atoms with Crippen molar-refractivity contribution >= 4 is 77.2 Å². The van der Waals surface area contributed by atoms with Gasteiger partial charge >= 0.3 is 0 Å². The largest absolute Gasteiger partial charge is 0.311 e. The quantitative estimate of drug-likeness (QED) is 0.0896. The van der Waals surface area contributed by atoms with Crippen LogP contribution in [0.5, 0.6) is 0 Å². The van der Waals surface area contributed by atoms with Crippen LogP contribution in [0.25, 0.3) is 154 Å². The van der Waals surface area contributed by atoms with Gasteiger partial charge < -0.3 is 9.80 Å². The van der Waals surface area contributed by atoms with E-state index >= 15 is 0 Å². The van der Waals surface area contributed by atoms with E-state index in [1.165, 1.54) is 192 Å². The van der Waals surface area contributed by atoms with Crippen molar-refractivity contribution < 1.29 is 0 Å². The van der Waals surface area contributed by atoms with Crippen molar-refractivity contribution in [1.82, 2.24) is 0 Å². The number of nitrogens with zero attached hydrogens (tertiary/aromatic N) is 2. The molecular formula is C118H88N2. The van der Waals surface area contributed by atoms with Crippen LogP contribution >= 0.6 is 0 Å². The van der Waals surface area contributed by atoms with Gasteiger partial charge in [-0.1, -0.05) is 401 Å². The number of benzene rings is 20. The average molecular weight is 1530 g/mol. The van der Waals surface area contributed by atoms with Gasteiger partial charge in [0, 0.05) is 34.1 Å². The SMILES string of the molecule is c1cc(-c2ccc(N(c3ccc(-c4ccc(-c5cccc6ccccc56)cc4)cc3)c3ccc(-c4ccc(-c5cccc6ccccc56)cc4)cc3)cc2)cc(C2CCCCC2)c1.c1ccc(-c2ccc(N(c3ccc(-c4cccc5ccc(-c6ccccc6)cc45)cc3)c3ccc(-c4cccc5ccc(-c6ccccc6)cc45)cc3)cc2)cc1. The lowest BCUT2D eigenvalue weighted by molar-refractivity contribution is 0.444. The Kier molecular flexibility index (Phi) is 20.8. The van der Waals surface area contributed by atoms with E-state index in [-0.39, 0.29) is 0 Å². The first-order valence-electron chi connectivity index (χ1n) is 42.2. The van der Waals surface area contributed by atoms with Gasteiger partial charge in [-0.25, -0.2) is 0 Å². The molecule has 0 aromatic heterocycles. The van der Waals surface area contributed by atoms with E-state index in [1.54, 1.807) is 0 Å². The third-order valence-corrected chi connectivity index (χ3v) is 24.4. The number of fused-ring (bicyclic) bond motifs is 4. The molecule has 1 aliphatic carbocycles. The second-order valence-electron chi connectivity index (χ2n) is 31.7. The normalized spacial score (nSPS) is 12.1. The molecule has 1 saturated carbocycles. The van der Waals surface area contributed by atoms with Crippen LogP contribution in [0.15, 0.2) is 467 Å². The van der Waals surface area contributed by atoms with E-state index in [2.05, 4.69) is 477 Å². The fourth-order valence-corrected chi connectivity index (χ4v) is 18.0. The maximum atomic E-state index is 2.43. The van der Waals surface area contributed by atoms with Gasteiger partial charge in [0.05, 0.1) is 0 Å². The highest BCUT2D eigenvalue weighted by atomic mass is 15.1. The molecule has 0 amide bonds. The van der Waals surface area contributed by atoms with E-state index < -0.39 is 0 Å². The number of rotatable bonds is 17. The number of anilines is 6. The van der Waals surface area contributed by atoms with Crippen molar-refractivity contribution in [2.75, 3.05) is 9.80 Å². The van der Waals surface area contributed by atoms with Crippen LogP contribution in [0.1, 0.15) is 43.6 Å². The molecule has 1 fully saturated rings. The van der Waals surface area contributed by atoms with Gasteiger partial charge in [0.15, 0.2) is 0 Å². The fraction of sp³-hybridized carbons (Fsp3) is 0.0508. The summed E-state index contributed by atoms with van der Waals surface area (Å²) in [6.07, 6.45) is 6.68. The molecule has 1 aliphatic rings.